The summed E-state index contributed by atoms with van der Waals surface area (Å²) in [7, 11) is -3.48. The smallest absolute Gasteiger partial charge is 0.243 e. The predicted octanol–water partition coefficient (Wildman–Crippen LogP) is 3.85. The van der Waals surface area contributed by atoms with Crippen molar-refractivity contribution in [3.05, 3.63) is 65.8 Å². The SMILES string of the molecule is O=S(=O)(c1ccccc1)N1CCCN(c2nc(-c3ccc(F)cc3)cs2)CC1. The summed E-state index contributed by atoms with van der Waals surface area (Å²) in [5, 5.41) is 2.81. The van der Waals surface area contributed by atoms with E-state index in [0.29, 0.717) is 24.5 Å². The van der Waals surface area contributed by atoms with Crippen LogP contribution >= 0.6 is 11.3 Å². The summed E-state index contributed by atoms with van der Waals surface area (Å²) in [6, 6.07) is 14.8. The Morgan fingerprint density at radius 3 is 2.43 bits per heavy atom. The van der Waals surface area contributed by atoms with Crippen molar-refractivity contribution in [2.75, 3.05) is 31.1 Å². The molecule has 5 nitrogen and oxygen atoms in total. The quantitative estimate of drug-likeness (QED) is 0.647. The number of hydrogen-bond acceptors (Lipinski definition) is 5. The van der Waals surface area contributed by atoms with Gasteiger partial charge in [-0.3, -0.25) is 0 Å². The largest absolute Gasteiger partial charge is 0.347 e. The maximum atomic E-state index is 13.1. The van der Waals surface area contributed by atoms with Crippen LogP contribution in [0.25, 0.3) is 11.3 Å². The second-order valence-electron chi connectivity index (χ2n) is 6.58. The Bertz CT molecular complexity index is 1040. The molecule has 2 aromatic carbocycles. The number of aromatic nitrogens is 1. The van der Waals surface area contributed by atoms with E-state index in [1.54, 1.807) is 40.7 Å². The van der Waals surface area contributed by atoms with Crippen molar-refractivity contribution in [2.24, 2.45) is 0 Å². The van der Waals surface area contributed by atoms with Gasteiger partial charge in [-0.05, 0) is 42.8 Å². The Balaban J connectivity index is 1.48. The first-order valence-corrected chi connectivity index (χ1v) is 11.4. The zero-order valence-corrected chi connectivity index (χ0v) is 16.8. The van der Waals surface area contributed by atoms with Gasteiger partial charge in [0.05, 0.1) is 10.6 Å². The number of nitrogens with zero attached hydrogens (tertiary/aromatic N) is 3. The first-order chi connectivity index (χ1) is 13.5. The number of thiazole rings is 1. The van der Waals surface area contributed by atoms with Crippen LogP contribution in [0.4, 0.5) is 9.52 Å². The zero-order valence-electron chi connectivity index (χ0n) is 15.2. The number of rotatable bonds is 4. The summed E-state index contributed by atoms with van der Waals surface area (Å²) in [5.41, 5.74) is 1.67. The fourth-order valence-corrected chi connectivity index (χ4v) is 5.61. The fraction of sp³-hybridized carbons (Fsp3) is 0.250. The van der Waals surface area contributed by atoms with Gasteiger partial charge >= 0.3 is 0 Å². The highest BCUT2D eigenvalue weighted by Crippen LogP contribution is 2.29. The Morgan fingerprint density at radius 1 is 0.929 bits per heavy atom. The molecule has 1 fully saturated rings. The minimum Gasteiger partial charge on any atom is -0.347 e. The lowest BCUT2D eigenvalue weighted by Gasteiger charge is -2.21. The van der Waals surface area contributed by atoms with Crippen LogP contribution in [0.5, 0.6) is 0 Å². The molecule has 0 saturated carbocycles. The van der Waals surface area contributed by atoms with Gasteiger partial charge in [-0.2, -0.15) is 4.31 Å². The van der Waals surface area contributed by atoms with Gasteiger partial charge in [0.2, 0.25) is 10.0 Å². The number of anilines is 1. The normalized spacial score (nSPS) is 16.1. The molecule has 1 aromatic heterocycles. The molecule has 1 saturated heterocycles. The van der Waals surface area contributed by atoms with Crippen LogP contribution in [0.2, 0.25) is 0 Å². The van der Waals surface area contributed by atoms with E-state index < -0.39 is 10.0 Å². The first kappa shape index (κ1) is 19.0. The van der Waals surface area contributed by atoms with Crippen molar-refractivity contribution >= 4 is 26.5 Å². The molecule has 1 aliphatic heterocycles. The Labute approximate surface area is 168 Å². The first-order valence-electron chi connectivity index (χ1n) is 9.06. The molecule has 0 spiro atoms. The number of benzene rings is 2. The molecule has 0 bridgehead atoms. The summed E-state index contributed by atoms with van der Waals surface area (Å²) in [6.45, 7) is 2.24. The Hall–Kier alpha value is -2.29. The van der Waals surface area contributed by atoms with Crippen molar-refractivity contribution in [1.82, 2.24) is 9.29 Å². The van der Waals surface area contributed by atoms with Gasteiger partial charge in [-0.1, -0.05) is 18.2 Å². The molecule has 2 heterocycles. The molecule has 0 amide bonds. The molecule has 3 aromatic rings. The second-order valence-corrected chi connectivity index (χ2v) is 9.35. The van der Waals surface area contributed by atoms with Gasteiger partial charge in [-0.15, -0.1) is 11.3 Å². The molecule has 0 atom stereocenters. The van der Waals surface area contributed by atoms with Crippen LogP contribution in [0.1, 0.15) is 6.42 Å². The van der Waals surface area contributed by atoms with Crippen molar-refractivity contribution < 1.29 is 12.8 Å². The molecule has 28 heavy (non-hydrogen) atoms. The fourth-order valence-electron chi connectivity index (χ4n) is 3.23. The van der Waals surface area contributed by atoms with Crippen LogP contribution in [0.3, 0.4) is 0 Å². The highest BCUT2D eigenvalue weighted by molar-refractivity contribution is 7.89. The van der Waals surface area contributed by atoms with Crippen molar-refractivity contribution in [1.29, 1.82) is 0 Å². The Morgan fingerprint density at radius 2 is 1.68 bits per heavy atom. The molecule has 0 N–H and O–H groups in total. The van der Waals surface area contributed by atoms with Gasteiger partial charge in [0.25, 0.3) is 0 Å². The molecule has 0 unspecified atom stereocenters. The highest BCUT2D eigenvalue weighted by atomic mass is 32.2. The third-order valence-electron chi connectivity index (χ3n) is 4.74. The summed E-state index contributed by atoms with van der Waals surface area (Å²) in [4.78, 5) is 7.13. The molecule has 4 rings (SSSR count). The summed E-state index contributed by atoms with van der Waals surface area (Å²) in [6.07, 6.45) is 0.734. The maximum absolute atomic E-state index is 13.1. The maximum Gasteiger partial charge on any atom is 0.243 e. The van der Waals surface area contributed by atoms with E-state index in [2.05, 4.69) is 9.88 Å². The molecular weight excluding hydrogens is 397 g/mol. The molecule has 0 aliphatic carbocycles. The van der Waals surface area contributed by atoms with Crippen LogP contribution in [0.15, 0.2) is 64.9 Å². The molecule has 146 valence electrons. The van der Waals surface area contributed by atoms with Gasteiger partial charge in [0.15, 0.2) is 5.13 Å². The molecule has 1 aliphatic rings. The van der Waals surface area contributed by atoms with Crippen molar-refractivity contribution in [3.63, 3.8) is 0 Å². The number of hydrogen-bond donors (Lipinski definition) is 0. The van der Waals surface area contributed by atoms with Crippen LogP contribution in [0, 0.1) is 5.82 Å². The molecular formula is C20H20FN3O2S2. The topological polar surface area (TPSA) is 53.5 Å². The second kappa shape index (κ2) is 7.98. The highest BCUT2D eigenvalue weighted by Gasteiger charge is 2.27. The lowest BCUT2D eigenvalue weighted by Crippen LogP contribution is -2.35. The average molecular weight is 418 g/mol. The van der Waals surface area contributed by atoms with Crippen LogP contribution < -0.4 is 4.90 Å². The summed E-state index contributed by atoms with van der Waals surface area (Å²) < 4.78 is 40.4. The van der Waals surface area contributed by atoms with E-state index in [9.17, 15) is 12.8 Å². The zero-order chi connectivity index (χ0) is 19.6. The average Bonchev–Trinajstić information content (AvgIpc) is 3.06. The van der Waals surface area contributed by atoms with E-state index in [4.69, 9.17) is 0 Å². The van der Waals surface area contributed by atoms with Gasteiger partial charge in [0.1, 0.15) is 5.82 Å². The Kier molecular flexibility index (Phi) is 5.43. The lowest BCUT2D eigenvalue weighted by molar-refractivity contribution is 0.433. The van der Waals surface area contributed by atoms with Crippen molar-refractivity contribution in [2.45, 2.75) is 11.3 Å². The van der Waals surface area contributed by atoms with Gasteiger partial charge < -0.3 is 4.90 Å². The monoisotopic (exact) mass is 417 g/mol. The van der Waals surface area contributed by atoms with E-state index >= 15 is 0 Å². The van der Waals surface area contributed by atoms with Crippen LogP contribution in [-0.2, 0) is 10.0 Å². The standard InChI is InChI=1S/C20H20FN3O2S2/c21-17-9-7-16(8-10-17)19-15-27-20(22-19)23-11-4-12-24(14-13-23)28(25,26)18-5-2-1-3-6-18/h1-3,5-10,15H,4,11-14H2. The molecule has 8 heteroatoms. The van der Waals surface area contributed by atoms with Crippen LogP contribution in [-0.4, -0.2) is 43.9 Å². The third-order valence-corrected chi connectivity index (χ3v) is 7.55. The summed E-state index contributed by atoms with van der Waals surface area (Å²) in [5.74, 6) is -0.272. The summed E-state index contributed by atoms with van der Waals surface area (Å²) >= 11 is 1.52. The minimum atomic E-state index is -3.48. The van der Waals surface area contributed by atoms with E-state index in [0.717, 1.165) is 29.4 Å². The van der Waals surface area contributed by atoms with E-state index in [1.165, 1.54) is 23.5 Å². The lowest BCUT2D eigenvalue weighted by atomic mass is 10.2. The number of halogens is 1. The van der Waals surface area contributed by atoms with Gasteiger partial charge in [0, 0.05) is 37.1 Å². The third kappa shape index (κ3) is 3.94. The molecule has 0 radical (unpaired) electrons. The predicted molar refractivity (Wildman–Crippen MR) is 110 cm³/mol. The van der Waals surface area contributed by atoms with E-state index in [1.807, 2.05) is 11.4 Å². The minimum absolute atomic E-state index is 0.272. The van der Waals surface area contributed by atoms with Crippen molar-refractivity contribution in [3.8, 4) is 11.3 Å². The van der Waals surface area contributed by atoms with E-state index in [-0.39, 0.29) is 5.82 Å². The van der Waals surface area contributed by atoms with Gasteiger partial charge in [-0.25, -0.2) is 17.8 Å². The number of sulfonamides is 1.